The fourth-order valence-electron chi connectivity index (χ4n) is 2.17. The predicted molar refractivity (Wildman–Crippen MR) is 54.9 cm³/mol. The molecule has 2 unspecified atom stereocenters. The molecule has 1 nitrogen and oxygen atoms in total. The van der Waals surface area contributed by atoms with Gasteiger partial charge in [-0.2, -0.15) is 0 Å². The van der Waals surface area contributed by atoms with Crippen molar-refractivity contribution in [3.8, 4) is 0 Å². The van der Waals surface area contributed by atoms with E-state index in [9.17, 15) is 4.39 Å². The summed E-state index contributed by atoms with van der Waals surface area (Å²) >= 11 is 0. The summed E-state index contributed by atoms with van der Waals surface area (Å²) in [7, 11) is 0. The van der Waals surface area contributed by atoms with E-state index in [1.54, 1.807) is 12.2 Å². The Morgan fingerprint density at radius 1 is 1.21 bits per heavy atom. The fraction of sp³-hybridized carbons (Fsp3) is 0.167. The predicted octanol–water partition coefficient (Wildman–Crippen LogP) is 2.99. The van der Waals surface area contributed by atoms with Crippen molar-refractivity contribution >= 4 is 5.69 Å². The molecule has 0 radical (unpaired) electrons. The minimum atomic E-state index is -0.147. The first-order valence-electron chi connectivity index (χ1n) is 4.75. The first-order valence-corrected chi connectivity index (χ1v) is 4.75. The van der Waals surface area contributed by atoms with Crippen molar-refractivity contribution in [2.24, 2.45) is 0 Å². The molecule has 0 spiro atoms. The molecule has 70 valence electrons. The summed E-state index contributed by atoms with van der Waals surface area (Å²) in [5.74, 6) is 0.150. The molecule has 1 aromatic rings. The first kappa shape index (κ1) is 7.80. The standard InChI is InChI=1S/C12H10FN/c13-8-5-6-10-9-3-1-2-4-11(9)14-12(10)7-8/h1-7,10,12,14H. The molecule has 0 aromatic heterocycles. The lowest BCUT2D eigenvalue weighted by Crippen LogP contribution is -2.18. The van der Waals surface area contributed by atoms with Gasteiger partial charge < -0.3 is 5.32 Å². The highest BCUT2D eigenvalue weighted by atomic mass is 19.1. The Balaban J connectivity index is 2.08. The van der Waals surface area contributed by atoms with Crippen LogP contribution in [0.4, 0.5) is 10.1 Å². The molecule has 1 N–H and O–H groups in total. The Bertz CT molecular complexity index is 434. The average Bonchev–Trinajstić information content (AvgIpc) is 2.54. The van der Waals surface area contributed by atoms with Crippen molar-refractivity contribution in [1.29, 1.82) is 0 Å². The third-order valence-electron chi connectivity index (χ3n) is 2.83. The van der Waals surface area contributed by atoms with E-state index in [0.29, 0.717) is 5.92 Å². The van der Waals surface area contributed by atoms with Gasteiger partial charge >= 0.3 is 0 Å². The lowest BCUT2D eigenvalue weighted by Gasteiger charge is -2.16. The Morgan fingerprint density at radius 3 is 3.00 bits per heavy atom. The maximum Gasteiger partial charge on any atom is 0.121 e. The first-order chi connectivity index (χ1) is 6.84. The molecule has 2 atom stereocenters. The van der Waals surface area contributed by atoms with Crippen LogP contribution in [-0.2, 0) is 0 Å². The van der Waals surface area contributed by atoms with Gasteiger partial charge in [0.05, 0.1) is 6.04 Å². The summed E-state index contributed by atoms with van der Waals surface area (Å²) in [5.41, 5.74) is 2.38. The lowest BCUT2D eigenvalue weighted by atomic mass is 9.91. The second kappa shape index (κ2) is 2.71. The number of fused-ring (bicyclic) bond motifs is 3. The minimum Gasteiger partial charge on any atom is -0.378 e. The van der Waals surface area contributed by atoms with Crippen molar-refractivity contribution < 1.29 is 4.39 Å². The third kappa shape index (κ3) is 1.00. The van der Waals surface area contributed by atoms with Crippen LogP contribution in [-0.4, -0.2) is 6.04 Å². The molecule has 3 rings (SSSR count). The summed E-state index contributed by atoms with van der Waals surface area (Å²) in [4.78, 5) is 0. The van der Waals surface area contributed by atoms with Crippen LogP contribution in [0.1, 0.15) is 11.5 Å². The molecule has 2 heteroatoms. The molecule has 1 aliphatic heterocycles. The quantitative estimate of drug-likeness (QED) is 0.658. The Kier molecular flexibility index (Phi) is 1.51. The number of halogens is 1. The zero-order valence-corrected chi connectivity index (χ0v) is 7.57. The van der Waals surface area contributed by atoms with E-state index in [1.807, 2.05) is 24.3 Å². The van der Waals surface area contributed by atoms with Gasteiger partial charge in [-0.1, -0.05) is 24.3 Å². The molecule has 0 saturated heterocycles. The second-order valence-electron chi connectivity index (χ2n) is 3.69. The summed E-state index contributed by atoms with van der Waals surface area (Å²) in [6.07, 6.45) is 5.12. The number of allylic oxidation sites excluding steroid dienone is 2. The number of anilines is 1. The molecule has 1 heterocycles. The number of rotatable bonds is 0. The highest BCUT2D eigenvalue weighted by Crippen LogP contribution is 2.39. The average molecular weight is 187 g/mol. The Morgan fingerprint density at radius 2 is 2.07 bits per heavy atom. The SMILES string of the molecule is FC1=CC2Nc3ccccc3C2C=C1. The minimum absolute atomic E-state index is 0.0948. The van der Waals surface area contributed by atoms with E-state index >= 15 is 0 Å². The zero-order valence-electron chi connectivity index (χ0n) is 7.57. The van der Waals surface area contributed by atoms with Crippen LogP contribution >= 0.6 is 0 Å². The van der Waals surface area contributed by atoms with Crippen LogP contribution in [0.2, 0.25) is 0 Å². The highest BCUT2D eigenvalue weighted by molar-refractivity contribution is 5.63. The smallest absolute Gasteiger partial charge is 0.121 e. The van der Waals surface area contributed by atoms with Crippen molar-refractivity contribution in [1.82, 2.24) is 0 Å². The maximum atomic E-state index is 13.0. The summed E-state index contributed by atoms with van der Waals surface area (Å²) in [6.45, 7) is 0. The Hall–Kier alpha value is -1.57. The molecule has 2 aliphatic rings. The third-order valence-corrected chi connectivity index (χ3v) is 2.83. The van der Waals surface area contributed by atoms with E-state index in [0.717, 1.165) is 5.69 Å². The van der Waals surface area contributed by atoms with Crippen LogP contribution in [0, 0.1) is 0 Å². The number of para-hydroxylation sites is 1. The van der Waals surface area contributed by atoms with Crippen molar-refractivity contribution in [2.45, 2.75) is 12.0 Å². The van der Waals surface area contributed by atoms with E-state index in [1.165, 1.54) is 5.56 Å². The van der Waals surface area contributed by atoms with E-state index in [4.69, 9.17) is 0 Å². The maximum absolute atomic E-state index is 13.0. The molecule has 1 aromatic carbocycles. The molecule has 0 bridgehead atoms. The van der Waals surface area contributed by atoms with Gasteiger partial charge in [-0.05, 0) is 23.8 Å². The van der Waals surface area contributed by atoms with Crippen LogP contribution in [0.3, 0.4) is 0 Å². The van der Waals surface area contributed by atoms with E-state index in [-0.39, 0.29) is 11.9 Å². The zero-order chi connectivity index (χ0) is 9.54. The summed E-state index contributed by atoms with van der Waals surface area (Å²) in [6, 6.07) is 8.23. The van der Waals surface area contributed by atoms with Crippen molar-refractivity contribution in [3.63, 3.8) is 0 Å². The van der Waals surface area contributed by atoms with E-state index in [2.05, 4.69) is 11.4 Å². The van der Waals surface area contributed by atoms with Gasteiger partial charge in [0.1, 0.15) is 5.83 Å². The van der Waals surface area contributed by atoms with Crippen LogP contribution in [0.15, 0.2) is 48.3 Å². The number of nitrogens with one attached hydrogen (secondary N) is 1. The van der Waals surface area contributed by atoms with Gasteiger partial charge in [0, 0.05) is 11.6 Å². The van der Waals surface area contributed by atoms with Crippen LogP contribution in [0.5, 0.6) is 0 Å². The monoisotopic (exact) mass is 187 g/mol. The van der Waals surface area contributed by atoms with Crippen molar-refractivity contribution in [3.05, 3.63) is 53.9 Å². The fourth-order valence-corrected chi connectivity index (χ4v) is 2.17. The topological polar surface area (TPSA) is 12.0 Å². The number of benzene rings is 1. The van der Waals surface area contributed by atoms with Crippen LogP contribution in [0.25, 0.3) is 0 Å². The largest absolute Gasteiger partial charge is 0.378 e. The van der Waals surface area contributed by atoms with Gasteiger partial charge in [-0.15, -0.1) is 0 Å². The normalized spacial score (nSPS) is 27.6. The molecular formula is C12H10FN. The van der Waals surface area contributed by atoms with Gasteiger partial charge in [-0.3, -0.25) is 0 Å². The second-order valence-corrected chi connectivity index (χ2v) is 3.69. The van der Waals surface area contributed by atoms with Gasteiger partial charge in [0.25, 0.3) is 0 Å². The van der Waals surface area contributed by atoms with Crippen molar-refractivity contribution in [2.75, 3.05) is 5.32 Å². The lowest BCUT2D eigenvalue weighted by molar-refractivity contribution is 0.635. The van der Waals surface area contributed by atoms with E-state index < -0.39 is 0 Å². The Labute approximate surface area is 81.9 Å². The van der Waals surface area contributed by atoms with Gasteiger partial charge in [0.2, 0.25) is 0 Å². The number of hydrogen-bond acceptors (Lipinski definition) is 1. The summed E-state index contributed by atoms with van der Waals surface area (Å²) < 4.78 is 13.0. The molecule has 1 aliphatic carbocycles. The molecule has 0 fully saturated rings. The molecule has 14 heavy (non-hydrogen) atoms. The highest BCUT2D eigenvalue weighted by Gasteiger charge is 2.30. The molecular weight excluding hydrogens is 177 g/mol. The molecule has 0 amide bonds. The van der Waals surface area contributed by atoms with Crippen LogP contribution < -0.4 is 5.32 Å². The van der Waals surface area contributed by atoms with Gasteiger partial charge in [0.15, 0.2) is 0 Å². The van der Waals surface area contributed by atoms with Gasteiger partial charge in [-0.25, -0.2) is 4.39 Å². The molecule has 0 saturated carbocycles. The summed E-state index contributed by atoms with van der Waals surface area (Å²) in [5, 5.41) is 3.30. The number of hydrogen-bond donors (Lipinski definition) is 1.